The van der Waals surface area contributed by atoms with Crippen molar-refractivity contribution in [2.24, 2.45) is 0 Å². The molecule has 184 valence electrons. The summed E-state index contributed by atoms with van der Waals surface area (Å²) < 4.78 is 0. The Bertz CT molecular complexity index is 839. The third-order valence-corrected chi connectivity index (χ3v) is 6.82. The summed E-state index contributed by atoms with van der Waals surface area (Å²) in [5.41, 5.74) is 1.95. The monoisotopic (exact) mass is 455 g/mol. The zero-order valence-electron chi connectivity index (χ0n) is 21.0. The molecule has 0 fully saturated rings. The molecule has 0 saturated carbocycles. The van der Waals surface area contributed by atoms with Crippen molar-refractivity contribution in [3.05, 3.63) is 35.5 Å². The maximum Gasteiger partial charge on any atom is 0.312 e. The lowest BCUT2D eigenvalue weighted by Crippen LogP contribution is -2.12. The van der Waals surface area contributed by atoms with E-state index in [2.05, 4.69) is 11.9 Å². The Hall–Kier alpha value is -2.10. The van der Waals surface area contributed by atoms with E-state index in [9.17, 15) is 14.7 Å². The van der Waals surface area contributed by atoms with Gasteiger partial charge in [-0.1, -0.05) is 115 Å². The first-order valence-electron chi connectivity index (χ1n) is 13.4. The number of fused-ring (bicyclic) bond motifs is 1. The predicted octanol–water partition coefficient (Wildman–Crippen LogP) is 8.80. The Kier molecular flexibility index (Phi) is 12.9. The Morgan fingerprint density at radius 2 is 1.27 bits per heavy atom. The van der Waals surface area contributed by atoms with Gasteiger partial charge in [-0.05, 0) is 19.4 Å². The number of para-hydroxylation sites is 1. The standard InChI is InChI=1S/C29H45NO3/c1-3-4-5-6-7-8-9-10-11-12-13-14-15-16-17-22-26(31)27-24-20-18-19-21-25(24)30-28(27)23(2)29(32)33/h18-21,23,30H,3-17,22H2,1-2H3,(H,32,33). The summed E-state index contributed by atoms with van der Waals surface area (Å²) in [5, 5.41) is 10.3. The second-order valence-electron chi connectivity index (χ2n) is 9.64. The van der Waals surface area contributed by atoms with Crippen LogP contribution in [0.3, 0.4) is 0 Å². The topological polar surface area (TPSA) is 70.2 Å². The lowest BCUT2D eigenvalue weighted by Gasteiger charge is -2.08. The van der Waals surface area contributed by atoms with Crippen molar-refractivity contribution in [3.63, 3.8) is 0 Å². The third-order valence-electron chi connectivity index (χ3n) is 6.82. The lowest BCUT2D eigenvalue weighted by atomic mass is 9.96. The number of carboxylic acid groups (broad SMARTS) is 1. The number of aromatic nitrogens is 1. The summed E-state index contributed by atoms with van der Waals surface area (Å²) in [6, 6.07) is 7.61. The molecule has 0 aliphatic heterocycles. The van der Waals surface area contributed by atoms with Crippen LogP contribution in [0.5, 0.6) is 0 Å². The van der Waals surface area contributed by atoms with E-state index in [-0.39, 0.29) is 5.78 Å². The SMILES string of the molecule is CCCCCCCCCCCCCCCCCC(=O)c1c(C(C)C(=O)O)[nH]c2ccccc12. The van der Waals surface area contributed by atoms with Gasteiger partial charge in [0.05, 0.1) is 5.92 Å². The summed E-state index contributed by atoms with van der Waals surface area (Å²) in [4.78, 5) is 27.7. The molecule has 2 aromatic rings. The van der Waals surface area contributed by atoms with E-state index < -0.39 is 11.9 Å². The van der Waals surface area contributed by atoms with Crippen LogP contribution in [-0.2, 0) is 4.79 Å². The summed E-state index contributed by atoms with van der Waals surface area (Å²) in [5.74, 6) is -1.58. The summed E-state index contributed by atoms with van der Waals surface area (Å²) >= 11 is 0. The van der Waals surface area contributed by atoms with Gasteiger partial charge in [-0.2, -0.15) is 0 Å². The summed E-state index contributed by atoms with van der Waals surface area (Å²) in [6.07, 6.45) is 20.0. The molecular formula is C29H45NO3. The third kappa shape index (κ3) is 9.35. The number of unbranched alkanes of at least 4 members (excludes halogenated alkanes) is 14. The highest BCUT2D eigenvalue weighted by molar-refractivity contribution is 6.10. The Morgan fingerprint density at radius 3 is 1.79 bits per heavy atom. The minimum Gasteiger partial charge on any atom is -0.481 e. The van der Waals surface area contributed by atoms with Gasteiger partial charge < -0.3 is 10.1 Å². The molecule has 1 unspecified atom stereocenters. The molecule has 4 nitrogen and oxygen atoms in total. The Balaban J connectivity index is 1.60. The zero-order chi connectivity index (χ0) is 23.9. The van der Waals surface area contributed by atoms with Gasteiger partial charge in [0.2, 0.25) is 0 Å². The molecule has 4 heteroatoms. The first-order valence-corrected chi connectivity index (χ1v) is 13.4. The van der Waals surface area contributed by atoms with E-state index in [1.807, 2.05) is 24.3 Å². The van der Waals surface area contributed by atoms with Crippen molar-refractivity contribution in [3.8, 4) is 0 Å². The number of H-pyrrole nitrogens is 1. The molecule has 0 bridgehead atoms. The first-order chi connectivity index (χ1) is 16.1. The van der Waals surface area contributed by atoms with Gasteiger partial charge in [-0.15, -0.1) is 0 Å². The number of aliphatic carboxylic acids is 1. The van der Waals surface area contributed by atoms with Crippen molar-refractivity contribution >= 4 is 22.7 Å². The minimum atomic E-state index is -0.914. The Labute approximate surface area is 200 Å². The van der Waals surface area contributed by atoms with Crippen molar-refractivity contribution in [1.29, 1.82) is 0 Å². The molecule has 1 aromatic heterocycles. The number of benzene rings is 1. The van der Waals surface area contributed by atoms with Crippen LogP contribution >= 0.6 is 0 Å². The highest BCUT2D eigenvalue weighted by Gasteiger charge is 2.25. The quantitative estimate of drug-likeness (QED) is 0.164. The molecule has 1 heterocycles. The van der Waals surface area contributed by atoms with E-state index in [0.29, 0.717) is 17.7 Å². The number of hydrogen-bond donors (Lipinski definition) is 2. The molecule has 33 heavy (non-hydrogen) atoms. The van der Waals surface area contributed by atoms with Crippen molar-refractivity contribution in [2.75, 3.05) is 0 Å². The van der Waals surface area contributed by atoms with Crippen molar-refractivity contribution in [2.45, 2.75) is 122 Å². The summed E-state index contributed by atoms with van der Waals surface area (Å²) in [6.45, 7) is 3.90. The van der Waals surface area contributed by atoms with Gasteiger partial charge >= 0.3 is 5.97 Å². The van der Waals surface area contributed by atoms with Crippen LogP contribution in [0.2, 0.25) is 0 Å². The van der Waals surface area contributed by atoms with Gasteiger partial charge in [0.15, 0.2) is 5.78 Å². The second-order valence-corrected chi connectivity index (χ2v) is 9.64. The van der Waals surface area contributed by atoms with Crippen LogP contribution in [0, 0.1) is 0 Å². The fourth-order valence-electron chi connectivity index (χ4n) is 4.69. The maximum atomic E-state index is 13.0. The van der Waals surface area contributed by atoms with E-state index in [1.54, 1.807) is 6.92 Å². The predicted molar refractivity (Wildman–Crippen MR) is 138 cm³/mol. The molecule has 0 spiro atoms. The number of rotatable bonds is 19. The average molecular weight is 456 g/mol. The smallest absolute Gasteiger partial charge is 0.312 e. The number of aromatic amines is 1. The van der Waals surface area contributed by atoms with E-state index >= 15 is 0 Å². The number of hydrogen-bond acceptors (Lipinski definition) is 2. The van der Waals surface area contributed by atoms with Gasteiger partial charge in [-0.3, -0.25) is 9.59 Å². The van der Waals surface area contributed by atoms with Crippen LogP contribution < -0.4 is 0 Å². The molecule has 1 atom stereocenters. The first kappa shape index (κ1) is 27.1. The molecule has 0 aliphatic rings. The molecule has 2 rings (SSSR count). The largest absolute Gasteiger partial charge is 0.481 e. The van der Waals surface area contributed by atoms with Gasteiger partial charge in [0.25, 0.3) is 0 Å². The van der Waals surface area contributed by atoms with Crippen molar-refractivity contribution in [1.82, 2.24) is 4.98 Å². The molecule has 0 amide bonds. The van der Waals surface area contributed by atoms with Crippen LogP contribution in [0.25, 0.3) is 10.9 Å². The van der Waals surface area contributed by atoms with Crippen molar-refractivity contribution < 1.29 is 14.7 Å². The van der Waals surface area contributed by atoms with Crippen LogP contribution in [-0.4, -0.2) is 21.8 Å². The van der Waals surface area contributed by atoms with Crippen LogP contribution in [0.4, 0.5) is 0 Å². The molecule has 2 N–H and O–H groups in total. The number of carboxylic acids is 1. The average Bonchev–Trinajstić information content (AvgIpc) is 3.20. The van der Waals surface area contributed by atoms with E-state index in [4.69, 9.17) is 0 Å². The summed E-state index contributed by atoms with van der Waals surface area (Å²) in [7, 11) is 0. The number of nitrogens with one attached hydrogen (secondary N) is 1. The highest BCUT2D eigenvalue weighted by atomic mass is 16.4. The normalized spacial score (nSPS) is 12.3. The number of ketones is 1. The van der Waals surface area contributed by atoms with E-state index in [1.165, 1.54) is 83.5 Å². The highest BCUT2D eigenvalue weighted by Crippen LogP contribution is 2.29. The molecule has 0 radical (unpaired) electrons. The molecule has 1 aromatic carbocycles. The molecule has 0 saturated heterocycles. The van der Waals surface area contributed by atoms with Crippen LogP contribution in [0.1, 0.15) is 139 Å². The number of Topliss-reactive ketones (excluding diaryl/α,β-unsaturated/α-hetero) is 1. The second kappa shape index (κ2) is 15.7. The van der Waals surface area contributed by atoms with Gasteiger partial charge in [-0.25, -0.2) is 0 Å². The zero-order valence-corrected chi connectivity index (χ0v) is 21.0. The number of carbonyl (C=O) groups is 2. The fourth-order valence-corrected chi connectivity index (χ4v) is 4.69. The number of carbonyl (C=O) groups excluding carboxylic acids is 1. The Morgan fingerprint density at radius 1 is 0.788 bits per heavy atom. The van der Waals surface area contributed by atoms with Crippen LogP contribution in [0.15, 0.2) is 24.3 Å². The van der Waals surface area contributed by atoms with E-state index in [0.717, 1.165) is 23.7 Å². The van der Waals surface area contributed by atoms with Gasteiger partial charge in [0.1, 0.15) is 0 Å². The van der Waals surface area contributed by atoms with Gasteiger partial charge in [0, 0.05) is 28.6 Å². The minimum absolute atomic E-state index is 0.0604. The maximum absolute atomic E-state index is 13.0. The molecular weight excluding hydrogens is 410 g/mol. The lowest BCUT2D eigenvalue weighted by molar-refractivity contribution is -0.138. The fraction of sp³-hybridized carbons (Fsp3) is 0.655. The molecule has 0 aliphatic carbocycles.